The highest BCUT2D eigenvalue weighted by molar-refractivity contribution is 7.98. The second kappa shape index (κ2) is 10.3. The minimum Gasteiger partial charge on any atom is -0.374 e. The van der Waals surface area contributed by atoms with Crippen LogP contribution in [0.15, 0.2) is 23.2 Å². The second-order valence-electron chi connectivity index (χ2n) is 8.37. The number of aromatic nitrogens is 2. The molecule has 31 heavy (non-hydrogen) atoms. The lowest BCUT2D eigenvalue weighted by molar-refractivity contribution is 0.0946. The van der Waals surface area contributed by atoms with E-state index >= 15 is 0 Å². The van der Waals surface area contributed by atoms with Crippen LogP contribution in [-0.4, -0.2) is 58.9 Å². The molecule has 2 aromatic rings. The number of anilines is 1. The Morgan fingerprint density at radius 1 is 1.26 bits per heavy atom. The van der Waals surface area contributed by atoms with Crippen LogP contribution < -0.4 is 16.0 Å². The molecule has 0 radical (unpaired) electrons. The maximum Gasteiger partial charge on any atom is 0.289 e. The zero-order chi connectivity index (χ0) is 21.6. The summed E-state index contributed by atoms with van der Waals surface area (Å²) < 4.78 is 0. The molecule has 1 saturated heterocycles. The Hall–Kier alpha value is -2.35. The number of hydrogen-bond acceptors (Lipinski definition) is 6. The van der Waals surface area contributed by atoms with E-state index in [1.165, 1.54) is 12.8 Å². The highest BCUT2D eigenvalue weighted by Gasteiger charge is 2.27. The number of carbonyl (C=O) groups excluding carboxylic acids is 1. The van der Waals surface area contributed by atoms with Gasteiger partial charge in [-0.2, -0.15) is 11.8 Å². The van der Waals surface area contributed by atoms with E-state index in [0.717, 1.165) is 66.1 Å². The first-order chi connectivity index (χ1) is 15.1. The molecule has 2 aliphatic rings. The standard InChI is InChI=1S/C23H32N6OS/c1-15-9-10-17-16(14-15)21(29-22(27-17)23(30)25-12-13-31-2)28-19-7-4-3-6-18(19)26-20-8-5-11-24-20/h9-10,14,18-19H,3-8,11-13H2,1-2H3,(H,24,26)(H,25,30)(H,27,28,29)/t18-,19+/m1/s1. The lowest BCUT2D eigenvalue weighted by Crippen LogP contribution is -2.37. The van der Waals surface area contributed by atoms with Gasteiger partial charge in [0.05, 0.1) is 17.4 Å². The molecule has 1 aromatic carbocycles. The van der Waals surface area contributed by atoms with Crippen molar-refractivity contribution >= 4 is 40.2 Å². The summed E-state index contributed by atoms with van der Waals surface area (Å²) in [6.07, 6.45) is 8.73. The predicted molar refractivity (Wildman–Crippen MR) is 129 cm³/mol. The molecule has 8 heteroatoms. The highest BCUT2D eigenvalue weighted by Crippen LogP contribution is 2.28. The molecular weight excluding hydrogens is 408 g/mol. The van der Waals surface area contributed by atoms with E-state index in [9.17, 15) is 4.79 Å². The van der Waals surface area contributed by atoms with Gasteiger partial charge in [0.25, 0.3) is 5.91 Å². The van der Waals surface area contributed by atoms with Crippen LogP contribution in [0, 0.1) is 6.92 Å². The van der Waals surface area contributed by atoms with Crippen molar-refractivity contribution in [2.75, 3.05) is 30.4 Å². The number of amidine groups is 1. The molecule has 1 amide bonds. The minimum atomic E-state index is -0.227. The number of nitrogens with one attached hydrogen (secondary N) is 3. The summed E-state index contributed by atoms with van der Waals surface area (Å²) in [7, 11) is 0. The van der Waals surface area contributed by atoms with Gasteiger partial charge in [0, 0.05) is 36.7 Å². The topological polar surface area (TPSA) is 91.3 Å². The molecule has 7 nitrogen and oxygen atoms in total. The van der Waals surface area contributed by atoms with Crippen molar-refractivity contribution in [3.8, 4) is 0 Å². The Morgan fingerprint density at radius 3 is 2.94 bits per heavy atom. The van der Waals surface area contributed by atoms with Crippen molar-refractivity contribution in [3.05, 3.63) is 29.6 Å². The normalized spacial score (nSPS) is 22.5. The molecule has 1 saturated carbocycles. The van der Waals surface area contributed by atoms with E-state index in [0.29, 0.717) is 6.54 Å². The Balaban J connectivity index is 1.63. The van der Waals surface area contributed by atoms with E-state index in [4.69, 9.17) is 4.99 Å². The van der Waals surface area contributed by atoms with Crippen molar-refractivity contribution < 1.29 is 4.79 Å². The maximum absolute atomic E-state index is 12.7. The summed E-state index contributed by atoms with van der Waals surface area (Å²) in [5.41, 5.74) is 1.93. The largest absolute Gasteiger partial charge is 0.374 e. The summed E-state index contributed by atoms with van der Waals surface area (Å²) in [5, 5.41) is 11.0. The number of carbonyl (C=O) groups is 1. The number of hydrogen-bond donors (Lipinski definition) is 3. The number of fused-ring (bicyclic) bond motifs is 1. The van der Waals surface area contributed by atoms with Gasteiger partial charge in [0.2, 0.25) is 5.82 Å². The Labute approximate surface area is 188 Å². The van der Waals surface area contributed by atoms with Crippen molar-refractivity contribution in [1.29, 1.82) is 0 Å². The average Bonchev–Trinajstić information content (AvgIpc) is 3.28. The van der Waals surface area contributed by atoms with E-state index in [2.05, 4.69) is 38.9 Å². The zero-order valence-corrected chi connectivity index (χ0v) is 19.2. The first-order valence-electron chi connectivity index (χ1n) is 11.3. The van der Waals surface area contributed by atoms with Crippen LogP contribution in [-0.2, 0) is 0 Å². The van der Waals surface area contributed by atoms with Crippen LogP contribution in [0.1, 0.15) is 54.7 Å². The number of aryl methyl sites for hydroxylation is 1. The molecule has 0 unspecified atom stereocenters. The van der Waals surface area contributed by atoms with Gasteiger partial charge >= 0.3 is 0 Å². The number of thioether (sulfide) groups is 1. The zero-order valence-electron chi connectivity index (χ0n) is 18.4. The van der Waals surface area contributed by atoms with Crippen LogP contribution in [0.2, 0.25) is 0 Å². The average molecular weight is 441 g/mol. The third kappa shape index (κ3) is 5.47. The quantitative estimate of drug-likeness (QED) is 0.571. The van der Waals surface area contributed by atoms with Gasteiger partial charge in [0.1, 0.15) is 5.82 Å². The summed E-state index contributed by atoms with van der Waals surface area (Å²) in [6, 6.07) is 6.51. The smallest absolute Gasteiger partial charge is 0.289 e. The van der Waals surface area contributed by atoms with E-state index in [-0.39, 0.29) is 23.8 Å². The summed E-state index contributed by atoms with van der Waals surface area (Å²) in [5.74, 6) is 2.73. The maximum atomic E-state index is 12.7. The van der Waals surface area contributed by atoms with Crippen LogP contribution >= 0.6 is 11.8 Å². The molecule has 0 spiro atoms. The van der Waals surface area contributed by atoms with Crippen molar-refractivity contribution in [3.63, 3.8) is 0 Å². The van der Waals surface area contributed by atoms with Crippen LogP contribution in [0.5, 0.6) is 0 Å². The van der Waals surface area contributed by atoms with E-state index < -0.39 is 0 Å². The number of benzene rings is 1. The molecule has 1 aliphatic carbocycles. The van der Waals surface area contributed by atoms with Gasteiger partial charge in [-0.3, -0.25) is 9.79 Å². The molecular formula is C23H32N6OS. The summed E-state index contributed by atoms with van der Waals surface area (Å²) in [4.78, 5) is 26.9. The summed E-state index contributed by atoms with van der Waals surface area (Å²) >= 11 is 1.70. The fourth-order valence-corrected chi connectivity index (χ4v) is 4.60. The molecule has 2 atom stereocenters. The third-order valence-electron chi connectivity index (χ3n) is 5.94. The lowest BCUT2D eigenvalue weighted by atomic mass is 9.90. The fraction of sp³-hybridized carbons (Fsp3) is 0.565. The fourth-order valence-electron chi connectivity index (χ4n) is 4.30. The van der Waals surface area contributed by atoms with Crippen LogP contribution in [0.3, 0.4) is 0 Å². The van der Waals surface area contributed by atoms with Crippen LogP contribution in [0.4, 0.5) is 5.82 Å². The SMILES string of the molecule is CSCCNC(=O)c1nc(N[C@H]2CCCC[C@H]2N=C2CCCN2)c2cc(C)ccc2n1. The lowest BCUT2D eigenvalue weighted by Gasteiger charge is -2.30. The van der Waals surface area contributed by atoms with Crippen molar-refractivity contribution in [2.45, 2.75) is 57.5 Å². The number of aliphatic imine (C=N–C) groups is 1. The molecule has 0 bridgehead atoms. The number of amides is 1. The Morgan fingerprint density at radius 2 is 2.13 bits per heavy atom. The van der Waals surface area contributed by atoms with Gasteiger partial charge in [-0.1, -0.05) is 24.5 Å². The molecule has 166 valence electrons. The van der Waals surface area contributed by atoms with Crippen molar-refractivity contribution in [2.24, 2.45) is 4.99 Å². The highest BCUT2D eigenvalue weighted by atomic mass is 32.2. The number of rotatable bonds is 7. The van der Waals surface area contributed by atoms with Gasteiger partial charge in [-0.15, -0.1) is 0 Å². The molecule has 1 aliphatic heterocycles. The summed E-state index contributed by atoms with van der Waals surface area (Å²) in [6.45, 7) is 3.69. The van der Waals surface area contributed by atoms with E-state index in [1.807, 2.05) is 18.4 Å². The molecule has 1 aromatic heterocycles. The first-order valence-corrected chi connectivity index (χ1v) is 12.7. The monoisotopic (exact) mass is 440 g/mol. The number of nitrogens with zero attached hydrogens (tertiary/aromatic N) is 3. The van der Waals surface area contributed by atoms with Gasteiger partial charge in [-0.05, 0) is 44.6 Å². The van der Waals surface area contributed by atoms with E-state index in [1.54, 1.807) is 11.8 Å². The second-order valence-corrected chi connectivity index (χ2v) is 9.36. The molecule has 4 rings (SSSR count). The molecule has 3 N–H and O–H groups in total. The van der Waals surface area contributed by atoms with Gasteiger partial charge in [0.15, 0.2) is 0 Å². The van der Waals surface area contributed by atoms with Crippen molar-refractivity contribution in [1.82, 2.24) is 20.6 Å². The molecule has 2 fully saturated rings. The van der Waals surface area contributed by atoms with Crippen LogP contribution in [0.25, 0.3) is 10.9 Å². The van der Waals surface area contributed by atoms with Gasteiger partial charge in [-0.25, -0.2) is 9.97 Å². The molecule has 2 heterocycles. The minimum absolute atomic E-state index is 0.203. The Kier molecular flexibility index (Phi) is 7.27. The Bertz CT molecular complexity index is 954. The first kappa shape index (κ1) is 21.9. The van der Waals surface area contributed by atoms with Gasteiger partial charge < -0.3 is 16.0 Å². The predicted octanol–water partition coefficient (Wildman–Crippen LogP) is 3.54. The third-order valence-corrected chi connectivity index (χ3v) is 6.55.